The average molecular weight is 229 g/mol. The molecule has 0 amide bonds. The van der Waals surface area contributed by atoms with Crippen LogP contribution in [0.15, 0.2) is 40.6 Å². The Kier molecular flexibility index (Phi) is 2.63. The molecule has 86 valence electrons. The molecule has 4 heteroatoms. The molecule has 4 nitrogen and oxygen atoms in total. The van der Waals surface area contributed by atoms with Gasteiger partial charge in [0, 0.05) is 5.56 Å². The SMILES string of the molecule is CC(=O)C(C1=Nc2ccccc2C1=O)=C(C)O. The van der Waals surface area contributed by atoms with Crippen LogP contribution >= 0.6 is 0 Å². The first-order valence-electron chi connectivity index (χ1n) is 5.16. The van der Waals surface area contributed by atoms with Crippen LogP contribution in [0.5, 0.6) is 0 Å². The molecule has 0 saturated carbocycles. The molecule has 1 aliphatic rings. The number of fused-ring (bicyclic) bond motifs is 1. The van der Waals surface area contributed by atoms with E-state index in [1.807, 2.05) is 0 Å². The molecular weight excluding hydrogens is 218 g/mol. The number of hydrogen-bond donors (Lipinski definition) is 1. The summed E-state index contributed by atoms with van der Waals surface area (Å²) < 4.78 is 0. The molecule has 1 aromatic rings. The highest BCUT2D eigenvalue weighted by atomic mass is 16.3. The first kappa shape index (κ1) is 11.3. The van der Waals surface area contributed by atoms with E-state index in [9.17, 15) is 14.7 Å². The van der Waals surface area contributed by atoms with E-state index in [0.29, 0.717) is 11.3 Å². The van der Waals surface area contributed by atoms with Crippen molar-refractivity contribution in [3.63, 3.8) is 0 Å². The van der Waals surface area contributed by atoms with E-state index in [2.05, 4.69) is 4.99 Å². The van der Waals surface area contributed by atoms with Crippen LogP contribution in [0.4, 0.5) is 5.69 Å². The molecule has 1 heterocycles. The molecule has 0 atom stereocenters. The van der Waals surface area contributed by atoms with Crippen molar-refractivity contribution in [3.8, 4) is 0 Å². The third-order valence-corrected chi connectivity index (χ3v) is 2.55. The minimum absolute atomic E-state index is 0.00815. The van der Waals surface area contributed by atoms with Crippen LogP contribution in [0.3, 0.4) is 0 Å². The first-order valence-corrected chi connectivity index (χ1v) is 5.16. The summed E-state index contributed by atoms with van der Waals surface area (Å²) in [6, 6.07) is 6.85. The van der Waals surface area contributed by atoms with Crippen molar-refractivity contribution < 1.29 is 14.7 Å². The van der Waals surface area contributed by atoms with E-state index in [1.54, 1.807) is 24.3 Å². The largest absolute Gasteiger partial charge is 0.512 e. The first-order chi connectivity index (χ1) is 8.02. The number of allylic oxidation sites excluding steroid dienone is 2. The molecule has 17 heavy (non-hydrogen) atoms. The van der Waals surface area contributed by atoms with Crippen molar-refractivity contribution in [2.75, 3.05) is 0 Å². The van der Waals surface area contributed by atoms with E-state index < -0.39 is 0 Å². The Morgan fingerprint density at radius 3 is 2.41 bits per heavy atom. The van der Waals surface area contributed by atoms with Crippen LogP contribution in [-0.2, 0) is 4.79 Å². The predicted octanol–water partition coefficient (Wildman–Crippen LogP) is 2.38. The van der Waals surface area contributed by atoms with Crippen molar-refractivity contribution in [3.05, 3.63) is 41.2 Å². The normalized spacial score (nSPS) is 15.2. The highest BCUT2D eigenvalue weighted by molar-refractivity contribution is 6.59. The number of benzene rings is 1. The lowest BCUT2D eigenvalue weighted by molar-refractivity contribution is -0.113. The lowest BCUT2D eigenvalue weighted by atomic mass is 9.99. The summed E-state index contributed by atoms with van der Waals surface area (Å²) in [7, 11) is 0. The fourth-order valence-corrected chi connectivity index (χ4v) is 1.82. The second kappa shape index (κ2) is 3.97. The fraction of sp³-hybridized carbons (Fsp3) is 0.154. The van der Waals surface area contributed by atoms with E-state index in [4.69, 9.17) is 0 Å². The quantitative estimate of drug-likeness (QED) is 0.625. The number of ketones is 2. The van der Waals surface area contributed by atoms with Gasteiger partial charge in [0.15, 0.2) is 5.78 Å². The third-order valence-electron chi connectivity index (χ3n) is 2.55. The molecule has 1 aromatic carbocycles. The number of rotatable bonds is 2. The number of nitrogens with zero attached hydrogens (tertiary/aromatic N) is 1. The van der Waals surface area contributed by atoms with Crippen LogP contribution in [0.25, 0.3) is 0 Å². The van der Waals surface area contributed by atoms with Gasteiger partial charge < -0.3 is 5.11 Å². The molecule has 0 bridgehead atoms. The average Bonchev–Trinajstić information content (AvgIpc) is 2.56. The number of carbonyl (C=O) groups excluding carboxylic acids is 2. The zero-order valence-electron chi connectivity index (χ0n) is 9.52. The zero-order chi connectivity index (χ0) is 12.6. The van der Waals surface area contributed by atoms with Gasteiger partial charge in [-0.05, 0) is 26.0 Å². The van der Waals surface area contributed by atoms with Gasteiger partial charge in [0.1, 0.15) is 11.5 Å². The summed E-state index contributed by atoms with van der Waals surface area (Å²) in [4.78, 5) is 27.5. The molecule has 0 fully saturated rings. The van der Waals surface area contributed by atoms with Crippen LogP contribution in [0.2, 0.25) is 0 Å². The number of carbonyl (C=O) groups is 2. The number of para-hydroxylation sites is 1. The van der Waals surface area contributed by atoms with E-state index >= 15 is 0 Å². The van der Waals surface area contributed by atoms with Gasteiger partial charge in [-0.3, -0.25) is 9.59 Å². The van der Waals surface area contributed by atoms with Gasteiger partial charge in [0.2, 0.25) is 5.78 Å². The van der Waals surface area contributed by atoms with Gasteiger partial charge in [-0.1, -0.05) is 12.1 Å². The molecule has 0 spiro atoms. The molecule has 1 aliphatic heterocycles. The van der Waals surface area contributed by atoms with Crippen molar-refractivity contribution in [2.45, 2.75) is 13.8 Å². The van der Waals surface area contributed by atoms with E-state index in [0.717, 1.165) is 0 Å². The topological polar surface area (TPSA) is 66.7 Å². The van der Waals surface area contributed by atoms with Gasteiger partial charge in [0.05, 0.1) is 11.3 Å². The monoisotopic (exact) mass is 229 g/mol. The van der Waals surface area contributed by atoms with Gasteiger partial charge >= 0.3 is 0 Å². The molecule has 0 radical (unpaired) electrons. The highest BCUT2D eigenvalue weighted by Crippen LogP contribution is 2.29. The van der Waals surface area contributed by atoms with Crippen molar-refractivity contribution in [2.24, 2.45) is 4.99 Å². The summed E-state index contributed by atoms with van der Waals surface area (Å²) in [5, 5.41) is 9.47. The number of aliphatic hydroxyl groups excluding tert-OH is 1. The summed E-state index contributed by atoms with van der Waals surface area (Å²) in [5.41, 5.74) is 1.01. The van der Waals surface area contributed by atoms with Gasteiger partial charge in [-0.15, -0.1) is 0 Å². The second-order valence-electron chi connectivity index (χ2n) is 3.82. The molecule has 2 rings (SSSR count). The van der Waals surface area contributed by atoms with Crippen molar-refractivity contribution >= 4 is 23.0 Å². The summed E-state index contributed by atoms with van der Waals surface area (Å²) in [6.07, 6.45) is 0. The minimum Gasteiger partial charge on any atom is -0.512 e. The van der Waals surface area contributed by atoms with Gasteiger partial charge in [-0.2, -0.15) is 0 Å². The van der Waals surface area contributed by atoms with Crippen LogP contribution in [-0.4, -0.2) is 22.4 Å². The number of hydrogen-bond acceptors (Lipinski definition) is 4. The molecule has 1 N–H and O–H groups in total. The van der Waals surface area contributed by atoms with E-state index in [1.165, 1.54) is 13.8 Å². The molecule has 0 saturated heterocycles. The second-order valence-corrected chi connectivity index (χ2v) is 3.82. The number of Topliss-reactive ketones (excluding diaryl/α,β-unsaturated/α-hetero) is 2. The van der Waals surface area contributed by atoms with Gasteiger partial charge in [-0.25, -0.2) is 4.99 Å². The predicted molar refractivity (Wildman–Crippen MR) is 63.9 cm³/mol. The molecule has 0 aromatic heterocycles. The van der Waals surface area contributed by atoms with Crippen LogP contribution in [0.1, 0.15) is 24.2 Å². The van der Waals surface area contributed by atoms with Gasteiger partial charge in [0.25, 0.3) is 0 Å². The lowest BCUT2D eigenvalue weighted by Gasteiger charge is -2.02. The number of aliphatic imine (C=N–C) groups is 1. The Balaban J connectivity index is 2.56. The fourth-order valence-electron chi connectivity index (χ4n) is 1.82. The standard InChI is InChI=1S/C13H11NO3/c1-7(15)11(8(2)16)12-13(17)9-5-3-4-6-10(9)14-12/h3-6,15H,1-2H3. The third kappa shape index (κ3) is 1.78. The Bertz CT molecular complexity index is 578. The Morgan fingerprint density at radius 2 is 1.88 bits per heavy atom. The Morgan fingerprint density at radius 1 is 1.24 bits per heavy atom. The van der Waals surface area contributed by atoms with Crippen LogP contribution in [0, 0.1) is 0 Å². The maximum Gasteiger partial charge on any atom is 0.214 e. The maximum absolute atomic E-state index is 12.0. The summed E-state index contributed by atoms with van der Waals surface area (Å²) in [5.74, 6) is -0.874. The summed E-state index contributed by atoms with van der Waals surface area (Å²) >= 11 is 0. The summed E-state index contributed by atoms with van der Waals surface area (Å²) in [6.45, 7) is 2.67. The lowest BCUT2D eigenvalue weighted by Crippen LogP contribution is -2.19. The van der Waals surface area contributed by atoms with Crippen LogP contribution < -0.4 is 0 Å². The van der Waals surface area contributed by atoms with E-state index in [-0.39, 0.29) is 28.6 Å². The Labute approximate surface area is 98.3 Å². The van der Waals surface area contributed by atoms with Crippen molar-refractivity contribution in [1.82, 2.24) is 0 Å². The minimum atomic E-state index is -0.370. The van der Waals surface area contributed by atoms with Crippen molar-refractivity contribution in [1.29, 1.82) is 0 Å². The molecule has 0 unspecified atom stereocenters. The highest BCUT2D eigenvalue weighted by Gasteiger charge is 2.30. The Hall–Kier alpha value is -2.23. The zero-order valence-corrected chi connectivity index (χ0v) is 9.52. The number of aliphatic hydroxyl groups is 1. The molecule has 0 aliphatic carbocycles. The maximum atomic E-state index is 12.0. The smallest absolute Gasteiger partial charge is 0.214 e. The molecular formula is C13H11NO3.